The van der Waals surface area contributed by atoms with E-state index in [-0.39, 0.29) is 0 Å². The van der Waals surface area contributed by atoms with Gasteiger partial charge in [0, 0.05) is 23.3 Å². The van der Waals surface area contributed by atoms with Gasteiger partial charge in [0.2, 0.25) is 0 Å². The van der Waals surface area contributed by atoms with E-state index in [2.05, 4.69) is 10.3 Å². The van der Waals surface area contributed by atoms with Gasteiger partial charge in [-0.3, -0.25) is 4.98 Å². The molecule has 3 heteroatoms. The van der Waals surface area contributed by atoms with Crippen LogP contribution in [0.1, 0.15) is 11.3 Å². The lowest BCUT2D eigenvalue weighted by atomic mass is 10.1. The summed E-state index contributed by atoms with van der Waals surface area (Å²) in [5.74, 6) is 0. The van der Waals surface area contributed by atoms with Crippen LogP contribution < -0.4 is 5.32 Å². The van der Waals surface area contributed by atoms with Crippen LogP contribution in [0.25, 0.3) is 6.08 Å². The van der Waals surface area contributed by atoms with Crippen molar-refractivity contribution >= 4 is 17.7 Å². The lowest BCUT2D eigenvalue weighted by Gasteiger charge is -2.11. The van der Waals surface area contributed by atoms with Crippen molar-refractivity contribution in [2.24, 2.45) is 0 Å². The molecular weight excluding hydrogens is 160 g/mol. The molecule has 0 atom stereocenters. The third-order valence-corrected chi connectivity index (χ3v) is 2.02. The zero-order valence-corrected chi connectivity index (χ0v) is 6.60. The van der Waals surface area contributed by atoms with Crippen LogP contribution in [0.2, 0.25) is 5.02 Å². The maximum atomic E-state index is 5.93. The Bertz CT molecular complexity index is 307. The van der Waals surface area contributed by atoms with Crippen molar-refractivity contribution < 1.29 is 0 Å². The van der Waals surface area contributed by atoms with E-state index in [1.165, 1.54) is 0 Å². The van der Waals surface area contributed by atoms with Crippen molar-refractivity contribution in [1.29, 1.82) is 0 Å². The summed E-state index contributed by atoms with van der Waals surface area (Å²) < 4.78 is 0. The summed E-state index contributed by atoms with van der Waals surface area (Å²) in [5, 5.41) is 3.86. The zero-order chi connectivity index (χ0) is 7.68. The summed E-state index contributed by atoms with van der Waals surface area (Å²) >= 11 is 5.93. The van der Waals surface area contributed by atoms with Crippen LogP contribution in [0.4, 0.5) is 0 Å². The normalized spacial score (nSPS) is 13.9. The van der Waals surface area contributed by atoms with Gasteiger partial charge in [0.25, 0.3) is 0 Å². The van der Waals surface area contributed by atoms with Gasteiger partial charge in [-0.25, -0.2) is 0 Å². The van der Waals surface area contributed by atoms with Crippen molar-refractivity contribution in [3.05, 3.63) is 34.7 Å². The van der Waals surface area contributed by atoms with Crippen LogP contribution in [-0.4, -0.2) is 4.98 Å². The highest BCUT2D eigenvalue weighted by molar-refractivity contribution is 6.31. The van der Waals surface area contributed by atoms with E-state index in [9.17, 15) is 0 Å². The fourth-order valence-electron chi connectivity index (χ4n) is 1.10. The van der Waals surface area contributed by atoms with E-state index in [1.54, 1.807) is 12.3 Å². The summed E-state index contributed by atoms with van der Waals surface area (Å²) in [6.45, 7) is 0.776. The highest BCUT2D eigenvalue weighted by Gasteiger charge is 2.07. The average Bonchev–Trinajstić information content (AvgIpc) is 2.06. The zero-order valence-electron chi connectivity index (χ0n) is 5.84. The molecule has 0 radical (unpaired) electrons. The third-order valence-electron chi connectivity index (χ3n) is 1.67. The predicted molar refractivity (Wildman–Crippen MR) is 45.1 cm³/mol. The van der Waals surface area contributed by atoms with Gasteiger partial charge in [-0.15, -0.1) is 0 Å². The SMILES string of the molecule is Clc1ccnc2c1CNC=C2. The average molecular weight is 167 g/mol. The summed E-state index contributed by atoms with van der Waals surface area (Å²) in [4.78, 5) is 4.17. The monoisotopic (exact) mass is 166 g/mol. The van der Waals surface area contributed by atoms with Crippen molar-refractivity contribution in [3.8, 4) is 0 Å². The minimum atomic E-state index is 0.776. The Morgan fingerprint density at radius 1 is 1.55 bits per heavy atom. The largest absolute Gasteiger partial charge is 0.387 e. The Morgan fingerprint density at radius 2 is 2.45 bits per heavy atom. The molecule has 0 spiro atoms. The second-order valence-electron chi connectivity index (χ2n) is 2.37. The summed E-state index contributed by atoms with van der Waals surface area (Å²) in [6.07, 6.45) is 5.52. The molecule has 0 saturated carbocycles. The third kappa shape index (κ3) is 1.10. The number of halogens is 1. The number of nitrogens with zero attached hydrogens (tertiary/aromatic N) is 1. The summed E-state index contributed by atoms with van der Waals surface area (Å²) in [7, 11) is 0. The van der Waals surface area contributed by atoms with Crippen LogP contribution in [0.15, 0.2) is 18.5 Å². The first-order chi connectivity index (χ1) is 5.38. The van der Waals surface area contributed by atoms with E-state index >= 15 is 0 Å². The Hall–Kier alpha value is -1.02. The summed E-state index contributed by atoms with van der Waals surface area (Å²) in [5.41, 5.74) is 2.05. The van der Waals surface area contributed by atoms with Crippen molar-refractivity contribution in [3.63, 3.8) is 0 Å². The van der Waals surface area contributed by atoms with E-state index in [4.69, 9.17) is 11.6 Å². The number of rotatable bonds is 0. The van der Waals surface area contributed by atoms with Crippen LogP contribution >= 0.6 is 11.6 Å². The van der Waals surface area contributed by atoms with Gasteiger partial charge >= 0.3 is 0 Å². The van der Waals surface area contributed by atoms with E-state index in [1.807, 2.05) is 12.3 Å². The predicted octanol–water partition coefficient (Wildman–Crippen LogP) is 1.81. The van der Waals surface area contributed by atoms with Crippen LogP contribution in [0.5, 0.6) is 0 Å². The minimum absolute atomic E-state index is 0.776. The lowest BCUT2D eigenvalue weighted by Crippen LogP contribution is -2.11. The number of hydrogen-bond acceptors (Lipinski definition) is 2. The molecule has 0 aromatic carbocycles. The molecule has 0 amide bonds. The van der Waals surface area contributed by atoms with Crippen molar-refractivity contribution in [2.45, 2.75) is 6.54 Å². The van der Waals surface area contributed by atoms with Gasteiger partial charge in [0.05, 0.1) is 5.69 Å². The number of aromatic nitrogens is 1. The lowest BCUT2D eigenvalue weighted by molar-refractivity contribution is 0.848. The fourth-order valence-corrected chi connectivity index (χ4v) is 1.32. The van der Waals surface area contributed by atoms with Crippen LogP contribution in [0.3, 0.4) is 0 Å². The van der Waals surface area contributed by atoms with Crippen molar-refractivity contribution in [1.82, 2.24) is 10.3 Å². The first kappa shape index (κ1) is 6.68. The van der Waals surface area contributed by atoms with E-state index < -0.39 is 0 Å². The second-order valence-corrected chi connectivity index (χ2v) is 2.78. The van der Waals surface area contributed by atoms with Gasteiger partial charge in [-0.05, 0) is 18.3 Å². The molecule has 0 bridgehead atoms. The number of fused-ring (bicyclic) bond motifs is 1. The first-order valence-corrected chi connectivity index (χ1v) is 3.79. The number of nitrogens with one attached hydrogen (secondary N) is 1. The maximum absolute atomic E-state index is 5.93. The van der Waals surface area contributed by atoms with Crippen molar-refractivity contribution in [2.75, 3.05) is 0 Å². The molecular formula is C8H7ClN2. The molecule has 11 heavy (non-hydrogen) atoms. The quantitative estimate of drug-likeness (QED) is 0.636. The summed E-state index contributed by atoms with van der Waals surface area (Å²) in [6, 6.07) is 1.81. The van der Waals surface area contributed by atoms with Crippen LogP contribution in [-0.2, 0) is 6.54 Å². The molecule has 1 N–H and O–H groups in total. The molecule has 1 aromatic rings. The van der Waals surface area contributed by atoms with Gasteiger partial charge in [-0.2, -0.15) is 0 Å². The molecule has 2 rings (SSSR count). The molecule has 1 aromatic heterocycles. The topological polar surface area (TPSA) is 24.9 Å². The van der Waals surface area contributed by atoms with Gasteiger partial charge in [-0.1, -0.05) is 11.6 Å². The minimum Gasteiger partial charge on any atom is -0.387 e. The number of hydrogen-bond donors (Lipinski definition) is 1. The van der Waals surface area contributed by atoms with E-state index in [0.29, 0.717) is 0 Å². The Labute approximate surface area is 69.9 Å². The molecule has 0 fully saturated rings. The molecule has 2 heterocycles. The highest BCUT2D eigenvalue weighted by atomic mass is 35.5. The Kier molecular flexibility index (Phi) is 1.55. The number of pyridine rings is 1. The molecule has 2 nitrogen and oxygen atoms in total. The first-order valence-electron chi connectivity index (χ1n) is 3.41. The van der Waals surface area contributed by atoms with Crippen LogP contribution in [0, 0.1) is 0 Å². The fraction of sp³-hybridized carbons (Fsp3) is 0.125. The smallest absolute Gasteiger partial charge is 0.0708 e. The Morgan fingerprint density at radius 3 is 3.27 bits per heavy atom. The molecule has 0 aliphatic carbocycles. The van der Waals surface area contributed by atoms with E-state index in [0.717, 1.165) is 22.8 Å². The van der Waals surface area contributed by atoms with Gasteiger partial charge < -0.3 is 5.32 Å². The highest BCUT2D eigenvalue weighted by Crippen LogP contribution is 2.20. The molecule has 0 saturated heterocycles. The molecule has 1 aliphatic rings. The second kappa shape index (κ2) is 2.55. The van der Waals surface area contributed by atoms with Gasteiger partial charge in [0.15, 0.2) is 0 Å². The molecule has 56 valence electrons. The standard InChI is InChI=1S/C8H7ClN2/c9-7-1-4-11-8-2-3-10-5-6(7)8/h1-4,10H,5H2. The molecule has 1 aliphatic heterocycles. The Balaban J connectivity index is 2.60. The molecule has 0 unspecified atom stereocenters. The maximum Gasteiger partial charge on any atom is 0.0708 e. The van der Waals surface area contributed by atoms with Gasteiger partial charge in [0.1, 0.15) is 0 Å².